The molecule has 9 heteroatoms. The Morgan fingerprint density at radius 1 is 1.23 bits per heavy atom. The Bertz CT molecular complexity index is 812. The van der Waals surface area contributed by atoms with Gasteiger partial charge in [-0.15, -0.1) is 0 Å². The number of nitro benzene ring substituents is 1. The summed E-state index contributed by atoms with van der Waals surface area (Å²) in [6.45, 7) is -0.0314. The molecule has 1 amide bonds. The van der Waals surface area contributed by atoms with Crippen LogP contribution in [0.15, 0.2) is 48.5 Å². The molecule has 0 aliphatic carbocycles. The molecule has 0 aliphatic heterocycles. The van der Waals surface area contributed by atoms with Crippen LogP contribution in [-0.4, -0.2) is 28.1 Å². The fourth-order valence-electron chi connectivity index (χ4n) is 2.22. The van der Waals surface area contributed by atoms with Crippen LogP contribution in [0.2, 0.25) is 5.02 Å². The van der Waals surface area contributed by atoms with Crippen LogP contribution in [0.1, 0.15) is 11.1 Å². The number of aliphatic carboxylic acids is 1. The van der Waals surface area contributed by atoms with Crippen molar-refractivity contribution in [3.05, 3.63) is 74.8 Å². The monoisotopic (exact) mass is 378 g/mol. The quantitative estimate of drug-likeness (QED) is 0.564. The predicted molar refractivity (Wildman–Crippen MR) is 93.0 cm³/mol. The number of alkyl carbamates (subject to hydrolysis) is 1. The van der Waals surface area contributed by atoms with Gasteiger partial charge < -0.3 is 15.2 Å². The summed E-state index contributed by atoms with van der Waals surface area (Å²) in [5.41, 5.74) is 0.554. The predicted octanol–water partition coefficient (Wildman–Crippen LogP) is 3.17. The summed E-state index contributed by atoms with van der Waals surface area (Å²) < 4.78 is 4.97. The molecule has 1 unspecified atom stereocenters. The molecule has 0 radical (unpaired) electrons. The molecule has 2 N–H and O–H groups in total. The molecule has 0 bridgehead atoms. The standard InChI is InChI=1S/C17H15ClN2O6/c18-13-6-7-15(20(24)25)12(8-13)9-14(16(21)22)19-17(23)26-10-11-4-2-1-3-5-11/h1-8,14H,9-10H2,(H,19,23)(H,21,22). The number of carboxylic acid groups (broad SMARTS) is 1. The molecule has 136 valence electrons. The number of benzene rings is 2. The first-order valence-electron chi connectivity index (χ1n) is 7.49. The van der Waals surface area contributed by atoms with Crippen LogP contribution < -0.4 is 5.32 Å². The Hall–Kier alpha value is -3.13. The largest absolute Gasteiger partial charge is 0.480 e. The van der Waals surface area contributed by atoms with Crippen molar-refractivity contribution in [3.8, 4) is 0 Å². The van der Waals surface area contributed by atoms with E-state index in [9.17, 15) is 24.8 Å². The van der Waals surface area contributed by atoms with Crippen molar-refractivity contribution in [3.63, 3.8) is 0 Å². The minimum Gasteiger partial charge on any atom is -0.480 e. The number of nitrogens with one attached hydrogen (secondary N) is 1. The lowest BCUT2D eigenvalue weighted by molar-refractivity contribution is -0.385. The third kappa shape index (κ3) is 5.45. The third-order valence-electron chi connectivity index (χ3n) is 3.47. The molecule has 2 aromatic carbocycles. The first-order chi connectivity index (χ1) is 12.4. The van der Waals surface area contributed by atoms with Crippen molar-refractivity contribution in [2.45, 2.75) is 19.1 Å². The molecule has 0 saturated heterocycles. The Morgan fingerprint density at radius 3 is 2.54 bits per heavy atom. The molecule has 0 spiro atoms. The number of carbonyl (C=O) groups excluding carboxylic acids is 1. The minimum atomic E-state index is -1.41. The molecule has 0 aliphatic rings. The Morgan fingerprint density at radius 2 is 1.92 bits per heavy atom. The minimum absolute atomic E-state index is 0.0314. The van der Waals surface area contributed by atoms with Gasteiger partial charge in [0.15, 0.2) is 0 Å². The van der Waals surface area contributed by atoms with Crippen molar-refractivity contribution in [2.24, 2.45) is 0 Å². The molecule has 0 aromatic heterocycles. The molecular formula is C17H15ClN2O6. The van der Waals surface area contributed by atoms with E-state index < -0.39 is 23.0 Å². The number of hydrogen-bond acceptors (Lipinski definition) is 5. The number of hydrogen-bond donors (Lipinski definition) is 2. The SMILES string of the molecule is O=C(NC(Cc1cc(Cl)ccc1[N+](=O)[O-])C(=O)O)OCc1ccccc1. The van der Waals surface area contributed by atoms with Gasteiger partial charge in [0.25, 0.3) is 5.69 Å². The van der Waals surface area contributed by atoms with Gasteiger partial charge in [0.2, 0.25) is 0 Å². The lowest BCUT2D eigenvalue weighted by atomic mass is 10.0. The number of amides is 1. The van der Waals surface area contributed by atoms with E-state index in [1.165, 1.54) is 18.2 Å². The van der Waals surface area contributed by atoms with Gasteiger partial charge in [-0.1, -0.05) is 41.9 Å². The maximum absolute atomic E-state index is 11.9. The number of nitro groups is 1. The highest BCUT2D eigenvalue weighted by molar-refractivity contribution is 6.30. The molecule has 8 nitrogen and oxygen atoms in total. The summed E-state index contributed by atoms with van der Waals surface area (Å²) in [6, 6.07) is 11.3. The lowest BCUT2D eigenvalue weighted by Gasteiger charge is -2.15. The highest BCUT2D eigenvalue weighted by atomic mass is 35.5. The van der Waals surface area contributed by atoms with Crippen molar-refractivity contribution < 1.29 is 24.4 Å². The first-order valence-corrected chi connectivity index (χ1v) is 7.87. The van der Waals surface area contributed by atoms with Crippen molar-refractivity contribution in [1.29, 1.82) is 0 Å². The average molecular weight is 379 g/mol. The van der Waals surface area contributed by atoms with Gasteiger partial charge in [0.05, 0.1) is 4.92 Å². The van der Waals surface area contributed by atoms with Gasteiger partial charge in [-0.05, 0) is 17.7 Å². The maximum atomic E-state index is 11.9. The van der Waals surface area contributed by atoms with Gasteiger partial charge in [0, 0.05) is 23.1 Å². The van der Waals surface area contributed by atoms with Gasteiger partial charge in [-0.3, -0.25) is 10.1 Å². The summed E-state index contributed by atoms with van der Waals surface area (Å²) in [7, 11) is 0. The van der Waals surface area contributed by atoms with Crippen molar-refractivity contribution in [2.75, 3.05) is 0 Å². The van der Waals surface area contributed by atoms with E-state index in [1.807, 2.05) is 6.07 Å². The second kappa shape index (κ2) is 8.82. The zero-order valence-corrected chi connectivity index (χ0v) is 14.2. The van der Waals surface area contributed by atoms with Crippen molar-refractivity contribution in [1.82, 2.24) is 5.32 Å². The molecule has 26 heavy (non-hydrogen) atoms. The van der Waals surface area contributed by atoms with Crippen molar-refractivity contribution >= 4 is 29.4 Å². The van der Waals surface area contributed by atoms with Crippen LogP contribution in [0, 0.1) is 10.1 Å². The number of rotatable bonds is 7. The van der Waals surface area contributed by atoms with E-state index >= 15 is 0 Å². The van der Waals surface area contributed by atoms with Gasteiger partial charge in [0.1, 0.15) is 12.6 Å². The van der Waals surface area contributed by atoms with Crippen LogP contribution in [0.5, 0.6) is 0 Å². The number of carbonyl (C=O) groups is 2. The molecule has 1 atom stereocenters. The van der Waals surface area contributed by atoms with E-state index in [0.29, 0.717) is 0 Å². The zero-order chi connectivity index (χ0) is 19.1. The van der Waals surface area contributed by atoms with E-state index in [1.54, 1.807) is 24.3 Å². The Kier molecular flexibility index (Phi) is 6.51. The molecular weight excluding hydrogens is 364 g/mol. The van der Waals surface area contributed by atoms with E-state index in [4.69, 9.17) is 16.3 Å². The average Bonchev–Trinajstić information content (AvgIpc) is 2.60. The number of nitrogens with zero attached hydrogens (tertiary/aromatic N) is 1. The summed E-state index contributed by atoms with van der Waals surface area (Å²) in [4.78, 5) is 33.7. The molecule has 2 aromatic rings. The van der Waals surface area contributed by atoms with E-state index in [-0.39, 0.29) is 29.3 Å². The fourth-order valence-corrected chi connectivity index (χ4v) is 2.42. The van der Waals surface area contributed by atoms with Gasteiger partial charge in [-0.2, -0.15) is 0 Å². The van der Waals surface area contributed by atoms with E-state index in [0.717, 1.165) is 5.56 Å². The van der Waals surface area contributed by atoms with Crippen LogP contribution in [-0.2, 0) is 22.6 Å². The topological polar surface area (TPSA) is 119 Å². The summed E-state index contributed by atoms with van der Waals surface area (Å²) >= 11 is 5.83. The van der Waals surface area contributed by atoms with E-state index in [2.05, 4.69) is 5.32 Å². The molecule has 2 rings (SSSR count). The summed E-state index contributed by atoms with van der Waals surface area (Å²) in [6.07, 6.45) is -1.25. The number of carboxylic acids is 1. The van der Waals surface area contributed by atoms with Gasteiger partial charge >= 0.3 is 12.1 Å². The first kappa shape index (κ1) is 19.2. The second-order valence-electron chi connectivity index (χ2n) is 5.33. The van der Waals surface area contributed by atoms with Gasteiger partial charge in [-0.25, -0.2) is 9.59 Å². The number of ether oxygens (including phenoxy) is 1. The zero-order valence-electron chi connectivity index (χ0n) is 13.4. The fraction of sp³-hybridized carbons (Fsp3) is 0.176. The van der Waals surface area contributed by atoms with Crippen LogP contribution >= 0.6 is 11.6 Å². The molecule has 0 heterocycles. The maximum Gasteiger partial charge on any atom is 0.408 e. The normalized spacial score (nSPS) is 11.4. The molecule has 0 fully saturated rings. The van der Waals surface area contributed by atoms with Crippen LogP contribution in [0.25, 0.3) is 0 Å². The lowest BCUT2D eigenvalue weighted by Crippen LogP contribution is -2.42. The highest BCUT2D eigenvalue weighted by Gasteiger charge is 2.25. The number of halogens is 1. The highest BCUT2D eigenvalue weighted by Crippen LogP contribution is 2.24. The van der Waals surface area contributed by atoms with Crippen LogP contribution in [0.3, 0.4) is 0 Å². The Balaban J connectivity index is 2.05. The third-order valence-corrected chi connectivity index (χ3v) is 3.70. The second-order valence-corrected chi connectivity index (χ2v) is 5.77. The summed E-state index contributed by atoms with van der Waals surface area (Å²) in [5.74, 6) is -1.35. The molecule has 0 saturated carbocycles. The Labute approximate surface area is 153 Å². The smallest absolute Gasteiger partial charge is 0.408 e. The summed E-state index contributed by atoms with van der Waals surface area (Å²) in [5, 5.41) is 22.8. The van der Waals surface area contributed by atoms with Crippen LogP contribution in [0.4, 0.5) is 10.5 Å².